The summed E-state index contributed by atoms with van der Waals surface area (Å²) < 4.78 is 25.4. The zero-order valence-electron chi connectivity index (χ0n) is 8.45. The number of hydrogen-bond acceptors (Lipinski definition) is 3. The summed E-state index contributed by atoms with van der Waals surface area (Å²) in [4.78, 5) is 0. The van der Waals surface area contributed by atoms with E-state index in [1.807, 2.05) is 0 Å². The Bertz CT molecular complexity index is 494. The molecule has 0 radical (unpaired) electrons. The number of aryl methyl sites for hydroxylation is 2. The van der Waals surface area contributed by atoms with Crippen molar-refractivity contribution in [2.75, 3.05) is 10.5 Å². The number of phenols is 1. The van der Waals surface area contributed by atoms with Crippen LogP contribution in [0.25, 0.3) is 0 Å². The third-order valence-corrected chi connectivity index (χ3v) is 3.90. The van der Waals surface area contributed by atoms with Crippen LogP contribution in [-0.4, -0.2) is 19.3 Å². The first-order valence-electron chi connectivity index (χ1n) is 4.81. The van der Waals surface area contributed by atoms with E-state index in [9.17, 15) is 13.5 Å². The Balaban J connectivity index is 2.53. The molecule has 2 N–H and O–H groups in total. The molecule has 0 aliphatic carbocycles. The minimum atomic E-state index is -3.19. The molecule has 5 heteroatoms. The molecule has 1 aliphatic heterocycles. The lowest BCUT2D eigenvalue weighted by Crippen LogP contribution is -2.14. The molecule has 4 nitrogen and oxygen atoms in total. The highest BCUT2D eigenvalue weighted by molar-refractivity contribution is 7.92. The normalized spacial score (nSPS) is 18.7. The van der Waals surface area contributed by atoms with Gasteiger partial charge in [-0.2, -0.15) is 0 Å². The number of sulfonamides is 1. The largest absolute Gasteiger partial charge is 0.508 e. The average Bonchev–Trinajstić information content (AvgIpc) is 2.24. The van der Waals surface area contributed by atoms with Crippen molar-refractivity contribution in [2.24, 2.45) is 0 Å². The molecule has 0 saturated heterocycles. The molecule has 1 heterocycles. The number of fused-ring (bicyclic) bond motifs is 1. The van der Waals surface area contributed by atoms with Gasteiger partial charge in [-0.3, -0.25) is 4.72 Å². The molecule has 82 valence electrons. The Morgan fingerprint density at radius 1 is 1.40 bits per heavy atom. The van der Waals surface area contributed by atoms with Gasteiger partial charge in [0.15, 0.2) is 0 Å². The molecule has 0 saturated carbocycles. The molecule has 0 unspecified atom stereocenters. The van der Waals surface area contributed by atoms with E-state index < -0.39 is 10.0 Å². The summed E-state index contributed by atoms with van der Waals surface area (Å²) >= 11 is 0. The highest BCUT2D eigenvalue weighted by Crippen LogP contribution is 2.29. The van der Waals surface area contributed by atoms with Crippen LogP contribution in [0.3, 0.4) is 0 Å². The second-order valence-corrected chi connectivity index (χ2v) is 5.66. The van der Waals surface area contributed by atoms with E-state index >= 15 is 0 Å². The predicted octanol–water partition coefficient (Wildman–Crippen LogP) is 1.39. The van der Waals surface area contributed by atoms with Gasteiger partial charge in [-0.1, -0.05) is 0 Å². The van der Waals surface area contributed by atoms with Crippen LogP contribution in [-0.2, 0) is 16.4 Å². The lowest BCUT2D eigenvalue weighted by molar-refractivity contribution is 0.470. The SMILES string of the molecule is Cc1cc2c(cc1O)CCCS(=O)(=O)N2. The van der Waals surface area contributed by atoms with Crippen molar-refractivity contribution in [3.05, 3.63) is 23.3 Å². The van der Waals surface area contributed by atoms with E-state index in [2.05, 4.69) is 4.72 Å². The fraction of sp³-hybridized carbons (Fsp3) is 0.400. The minimum Gasteiger partial charge on any atom is -0.508 e. The van der Waals surface area contributed by atoms with Gasteiger partial charge >= 0.3 is 0 Å². The number of benzene rings is 1. The van der Waals surface area contributed by atoms with E-state index in [4.69, 9.17) is 0 Å². The van der Waals surface area contributed by atoms with Gasteiger partial charge in [0, 0.05) is 0 Å². The van der Waals surface area contributed by atoms with Gasteiger partial charge in [-0.25, -0.2) is 8.42 Å². The van der Waals surface area contributed by atoms with Gasteiger partial charge in [0.2, 0.25) is 10.0 Å². The quantitative estimate of drug-likeness (QED) is 0.658. The molecule has 1 aromatic carbocycles. The Hall–Kier alpha value is -1.23. The van der Waals surface area contributed by atoms with Gasteiger partial charge in [-0.05, 0) is 43.0 Å². The monoisotopic (exact) mass is 227 g/mol. The molecule has 0 aromatic heterocycles. The standard InChI is InChI=1S/C10H13NO3S/c1-7-5-9-8(6-10(7)12)3-2-4-15(13,14)11-9/h5-6,11-12H,2-4H2,1H3. The van der Waals surface area contributed by atoms with Gasteiger partial charge in [-0.15, -0.1) is 0 Å². The van der Waals surface area contributed by atoms with Crippen LogP contribution in [0, 0.1) is 6.92 Å². The van der Waals surface area contributed by atoms with Gasteiger partial charge in [0.25, 0.3) is 0 Å². The topological polar surface area (TPSA) is 66.4 Å². The molecule has 1 aliphatic rings. The second kappa shape index (κ2) is 3.41. The third kappa shape index (κ3) is 2.07. The lowest BCUT2D eigenvalue weighted by Gasteiger charge is -2.09. The number of anilines is 1. The van der Waals surface area contributed by atoms with E-state index in [0.29, 0.717) is 24.1 Å². The van der Waals surface area contributed by atoms with Crippen LogP contribution in [0.2, 0.25) is 0 Å². The summed E-state index contributed by atoms with van der Waals surface area (Å²) in [6, 6.07) is 3.31. The Morgan fingerprint density at radius 3 is 2.87 bits per heavy atom. The van der Waals surface area contributed by atoms with Gasteiger partial charge in [0.1, 0.15) is 5.75 Å². The van der Waals surface area contributed by atoms with Crippen LogP contribution in [0.4, 0.5) is 5.69 Å². The molecular formula is C10H13NO3S. The zero-order valence-corrected chi connectivity index (χ0v) is 9.26. The summed E-state index contributed by atoms with van der Waals surface area (Å²) in [6.45, 7) is 1.74. The van der Waals surface area contributed by atoms with Crippen molar-refractivity contribution in [2.45, 2.75) is 19.8 Å². The molecule has 0 atom stereocenters. The molecular weight excluding hydrogens is 214 g/mol. The number of nitrogens with one attached hydrogen (secondary N) is 1. The van der Waals surface area contributed by atoms with Gasteiger partial charge < -0.3 is 5.11 Å². The van der Waals surface area contributed by atoms with E-state index in [-0.39, 0.29) is 11.5 Å². The zero-order chi connectivity index (χ0) is 11.1. The summed E-state index contributed by atoms with van der Waals surface area (Å²) in [7, 11) is -3.19. The number of rotatable bonds is 0. The molecule has 0 spiro atoms. The van der Waals surface area contributed by atoms with Crippen LogP contribution < -0.4 is 4.72 Å². The fourth-order valence-electron chi connectivity index (χ4n) is 1.71. The van der Waals surface area contributed by atoms with Crippen LogP contribution in [0.1, 0.15) is 17.5 Å². The number of aromatic hydroxyl groups is 1. The highest BCUT2D eigenvalue weighted by Gasteiger charge is 2.18. The first kappa shape index (κ1) is 10.3. The van der Waals surface area contributed by atoms with Crippen molar-refractivity contribution < 1.29 is 13.5 Å². The van der Waals surface area contributed by atoms with Crippen molar-refractivity contribution in [3.8, 4) is 5.75 Å². The van der Waals surface area contributed by atoms with Crippen LogP contribution in [0.5, 0.6) is 5.75 Å². The van der Waals surface area contributed by atoms with Crippen LogP contribution >= 0.6 is 0 Å². The van der Waals surface area contributed by atoms with E-state index in [0.717, 1.165) is 5.56 Å². The van der Waals surface area contributed by atoms with E-state index in [1.54, 1.807) is 19.1 Å². The van der Waals surface area contributed by atoms with Crippen molar-refractivity contribution in [1.29, 1.82) is 0 Å². The average molecular weight is 227 g/mol. The molecule has 2 rings (SSSR count). The summed E-state index contributed by atoms with van der Waals surface area (Å²) in [5, 5.41) is 9.52. The number of hydrogen-bond donors (Lipinski definition) is 2. The predicted molar refractivity (Wildman–Crippen MR) is 58.6 cm³/mol. The molecule has 1 aromatic rings. The first-order chi connectivity index (χ1) is 6.98. The smallest absolute Gasteiger partial charge is 0.232 e. The molecule has 0 amide bonds. The van der Waals surface area contributed by atoms with E-state index in [1.165, 1.54) is 0 Å². The molecule has 0 bridgehead atoms. The first-order valence-corrected chi connectivity index (χ1v) is 6.46. The summed E-state index contributed by atoms with van der Waals surface area (Å²) in [6.07, 6.45) is 1.26. The summed E-state index contributed by atoms with van der Waals surface area (Å²) in [5.74, 6) is 0.358. The van der Waals surface area contributed by atoms with Crippen LogP contribution in [0.15, 0.2) is 12.1 Å². The van der Waals surface area contributed by atoms with Gasteiger partial charge in [0.05, 0.1) is 11.4 Å². The summed E-state index contributed by atoms with van der Waals surface area (Å²) in [5.41, 5.74) is 2.14. The Kier molecular flexibility index (Phi) is 2.34. The maximum Gasteiger partial charge on any atom is 0.232 e. The van der Waals surface area contributed by atoms with Crippen molar-refractivity contribution in [1.82, 2.24) is 0 Å². The van der Waals surface area contributed by atoms with Crippen molar-refractivity contribution in [3.63, 3.8) is 0 Å². The number of phenolic OH excluding ortho intramolecular Hbond substituents is 1. The maximum atomic E-state index is 11.5. The maximum absolute atomic E-state index is 11.5. The fourth-order valence-corrected chi connectivity index (χ4v) is 2.86. The Morgan fingerprint density at radius 2 is 2.13 bits per heavy atom. The lowest BCUT2D eigenvalue weighted by atomic mass is 10.0. The molecule has 0 fully saturated rings. The third-order valence-electron chi connectivity index (χ3n) is 2.55. The Labute approximate surface area is 89.0 Å². The highest BCUT2D eigenvalue weighted by atomic mass is 32.2. The second-order valence-electron chi connectivity index (χ2n) is 3.82. The van der Waals surface area contributed by atoms with Crippen molar-refractivity contribution >= 4 is 15.7 Å². The molecule has 15 heavy (non-hydrogen) atoms. The minimum absolute atomic E-state index is 0.140.